The maximum Gasteiger partial charge on any atom is 0.169 e. The van der Waals surface area contributed by atoms with E-state index in [2.05, 4.69) is 10.3 Å². The minimum absolute atomic E-state index is 0.104. The van der Waals surface area contributed by atoms with Crippen molar-refractivity contribution in [3.63, 3.8) is 0 Å². The average Bonchev–Trinajstić information content (AvgIpc) is 2.96. The monoisotopic (exact) mass is 290 g/mol. The van der Waals surface area contributed by atoms with Crippen LogP contribution in [0, 0.1) is 19.7 Å². The highest BCUT2D eigenvalue weighted by atomic mass is 32.1. The van der Waals surface area contributed by atoms with E-state index in [0.29, 0.717) is 11.3 Å². The van der Waals surface area contributed by atoms with Crippen molar-refractivity contribution >= 4 is 22.3 Å². The molecule has 0 saturated heterocycles. The summed E-state index contributed by atoms with van der Waals surface area (Å²) in [6.07, 6.45) is 0. The molecule has 5 heteroatoms. The van der Waals surface area contributed by atoms with Crippen LogP contribution in [-0.4, -0.2) is 12.0 Å². The summed E-state index contributed by atoms with van der Waals surface area (Å²) >= 11 is 1.63. The van der Waals surface area contributed by atoms with Gasteiger partial charge in [0.25, 0.3) is 0 Å². The van der Waals surface area contributed by atoms with Crippen LogP contribution in [0.4, 0.5) is 4.39 Å². The van der Waals surface area contributed by atoms with Gasteiger partial charge in [0.2, 0.25) is 0 Å². The summed E-state index contributed by atoms with van der Waals surface area (Å²) in [6.45, 7) is 3.96. The molecule has 0 amide bonds. The van der Waals surface area contributed by atoms with Crippen molar-refractivity contribution in [1.29, 1.82) is 0 Å². The predicted octanol–water partition coefficient (Wildman–Crippen LogP) is 3.95. The number of furan rings is 1. The maximum absolute atomic E-state index is 13.7. The zero-order valence-electron chi connectivity index (χ0n) is 11.5. The first-order chi connectivity index (χ1) is 9.60. The van der Waals surface area contributed by atoms with Crippen molar-refractivity contribution in [1.82, 2.24) is 10.3 Å². The number of thiazole rings is 1. The number of hydrogen-bond acceptors (Lipinski definition) is 4. The predicted molar refractivity (Wildman–Crippen MR) is 78.7 cm³/mol. The van der Waals surface area contributed by atoms with Gasteiger partial charge in [-0.15, -0.1) is 11.3 Å². The lowest BCUT2D eigenvalue weighted by molar-refractivity contribution is 0.478. The third-order valence-electron chi connectivity index (χ3n) is 3.29. The number of aryl methyl sites for hydroxylation is 2. The molecule has 2 aromatic heterocycles. The van der Waals surface area contributed by atoms with Crippen LogP contribution >= 0.6 is 11.3 Å². The summed E-state index contributed by atoms with van der Waals surface area (Å²) in [4.78, 5) is 5.54. The number of aromatic nitrogens is 1. The molecule has 0 aliphatic rings. The molecule has 20 heavy (non-hydrogen) atoms. The molecule has 0 radical (unpaired) electrons. The topological polar surface area (TPSA) is 38.1 Å². The molecule has 104 valence electrons. The Hall–Kier alpha value is -1.72. The number of para-hydroxylation sites is 1. The first kappa shape index (κ1) is 13.3. The lowest BCUT2D eigenvalue weighted by atomic mass is 10.1. The highest BCUT2D eigenvalue weighted by Crippen LogP contribution is 2.33. The number of benzene rings is 1. The SMILES string of the molecule is CNC(c1cc2cccc(F)c2o1)c1sc(C)nc1C. The molecule has 1 unspecified atom stereocenters. The smallest absolute Gasteiger partial charge is 0.169 e. The van der Waals surface area contributed by atoms with E-state index in [9.17, 15) is 4.39 Å². The molecule has 0 saturated carbocycles. The van der Waals surface area contributed by atoms with Gasteiger partial charge in [0.05, 0.1) is 15.6 Å². The molecule has 3 aromatic rings. The van der Waals surface area contributed by atoms with Crippen molar-refractivity contribution in [3.8, 4) is 0 Å². The molecule has 2 heterocycles. The molecule has 1 atom stereocenters. The van der Waals surface area contributed by atoms with Crippen LogP contribution < -0.4 is 5.32 Å². The molecule has 3 rings (SSSR count). The third-order valence-corrected chi connectivity index (χ3v) is 4.43. The van der Waals surface area contributed by atoms with E-state index >= 15 is 0 Å². The highest BCUT2D eigenvalue weighted by Gasteiger charge is 2.22. The van der Waals surface area contributed by atoms with Crippen molar-refractivity contribution in [3.05, 3.63) is 51.4 Å². The number of rotatable bonds is 3. The van der Waals surface area contributed by atoms with Crippen LogP contribution in [0.2, 0.25) is 0 Å². The van der Waals surface area contributed by atoms with E-state index in [-0.39, 0.29) is 11.9 Å². The van der Waals surface area contributed by atoms with Gasteiger partial charge in [-0.25, -0.2) is 9.37 Å². The molecule has 0 fully saturated rings. The van der Waals surface area contributed by atoms with E-state index < -0.39 is 0 Å². The van der Waals surface area contributed by atoms with Crippen LogP contribution in [0.1, 0.15) is 27.4 Å². The minimum atomic E-state index is -0.333. The van der Waals surface area contributed by atoms with Gasteiger partial charge in [-0.1, -0.05) is 12.1 Å². The number of halogens is 1. The molecule has 0 aliphatic carbocycles. The average molecular weight is 290 g/mol. The maximum atomic E-state index is 13.7. The lowest BCUT2D eigenvalue weighted by Crippen LogP contribution is -2.16. The van der Waals surface area contributed by atoms with Crippen LogP contribution in [-0.2, 0) is 0 Å². The molecule has 1 N–H and O–H groups in total. The quantitative estimate of drug-likeness (QED) is 0.793. The third kappa shape index (κ3) is 2.13. The Morgan fingerprint density at radius 2 is 2.15 bits per heavy atom. The second kappa shape index (κ2) is 5.00. The summed E-state index contributed by atoms with van der Waals surface area (Å²) in [5.74, 6) is 0.375. The number of nitrogens with zero attached hydrogens (tertiary/aromatic N) is 1. The fourth-order valence-electron chi connectivity index (χ4n) is 2.41. The lowest BCUT2D eigenvalue weighted by Gasteiger charge is -2.11. The van der Waals surface area contributed by atoms with E-state index in [0.717, 1.165) is 21.0 Å². The van der Waals surface area contributed by atoms with Gasteiger partial charge in [-0.05, 0) is 33.0 Å². The zero-order valence-corrected chi connectivity index (χ0v) is 12.3. The Balaban J connectivity index is 2.12. The Bertz CT molecular complexity index is 762. The molecule has 1 aromatic carbocycles. The zero-order chi connectivity index (χ0) is 14.3. The van der Waals surface area contributed by atoms with Gasteiger partial charge in [0, 0.05) is 5.39 Å². The molecule has 3 nitrogen and oxygen atoms in total. The van der Waals surface area contributed by atoms with E-state index in [1.807, 2.05) is 33.0 Å². The van der Waals surface area contributed by atoms with Crippen molar-refractivity contribution in [2.45, 2.75) is 19.9 Å². The van der Waals surface area contributed by atoms with Gasteiger partial charge >= 0.3 is 0 Å². The molecule has 0 bridgehead atoms. The van der Waals surface area contributed by atoms with Crippen LogP contribution in [0.3, 0.4) is 0 Å². The van der Waals surface area contributed by atoms with E-state index in [1.54, 1.807) is 17.4 Å². The number of nitrogens with one attached hydrogen (secondary N) is 1. The first-order valence-electron chi connectivity index (χ1n) is 6.39. The van der Waals surface area contributed by atoms with E-state index in [1.165, 1.54) is 6.07 Å². The minimum Gasteiger partial charge on any atom is -0.456 e. The molecule has 0 spiro atoms. The Morgan fingerprint density at radius 3 is 2.75 bits per heavy atom. The van der Waals surface area contributed by atoms with Crippen LogP contribution in [0.5, 0.6) is 0 Å². The van der Waals surface area contributed by atoms with Gasteiger partial charge in [-0.2, -0.15) is 0 Å². The van der Waals surface area contributed by atoms with Gasteiger partial charge in [0.1, 0.15) is 11.8 Å². The summed E-state index contributed by atoms with van der Waals surface area (Å²) in [7, 11) is 1.86. The number of hydrogen-bond donors (Lipinski definition) is 1. The van der Waals surface area contributed by atoms with Crippen LogP contribution in [0.15, 0.2) is 28.7 Å². The Labute approximate surface area is 120 Å². The van der Waals surface area contributed by atoms with Gasteiger partial charge < -0.3 is 9.73 Å². The Morgan fingerprint density at radius 1 is 1.35 bits per heavy atom. The van der Waals surface area contributed by atoms with Crippen molar-refractivity contribution in [2.24, 2.45) is 0 Å². The summed E-state index contributed by atoms with van der Waals surface area (Å²) in [5, 5.41) is 5.01. The summed E-state index contributed by atoms with van der Waals surface area (Å²) in [6, 6.07) is 6.73. The van der Waals surface area contributed by atoms with Gasteiger partial charge in [-0.3, -0.25) is 0 Å². The first-order valence-corrected chi connectivity index (χ1v) is 7.21. The second-order valence-electron chi connectivity index (χ2n) is 4.71. The fourth-order valence-corrected chi connectivity index (χ4v) is 3.45. The fraction of sp³-hybridized carbons (Fsp3) is 0.267. The largest absolute Gasteiger partial charge is 0.456 e. The van der Waals surface area contributed by atoms with E-state index in [4.69, 9.17) is 4.42 Å². The summed E-state index contributed by atoms with van der Waals surface area (Å²) < 4.78 is 19.4. The van der Waals surface area contributed by atoms with Crippen molar-refractivity contribution in [2.75, 3.05) is 7.05 Å². The Kier molecular flexibility index (Phi) is 3.31. The van der Waals surface area contributed by atoms with Gasteiger partial charge in [0.15, 0.2) is 11.4 Å². The summed E-state index contributed by atoms with van der Waals surface area (Å²) in [5.41, 5.74) is 1.29. The standard InChI is InChI=1S/C15H15FN2OS/c1-8-15(20-9(2)18-8)13(17-3)12-7-10-5-4-6-11(16)14(10)19-12/h4-7,13,17H,1-3H3. The van der Waals surface area contributed by atoms with Crippen LogP contribution in [0.25, 0.3) is 11.0 Å². The second-order valence-corrected chi connectivity index (χ2v) is 5.95. The highest BCUT2D eigenvalue weighted by molar-refractivity contribution is 7.11. The number of fused-ring (bicyclic) bond motifs is 1. The molecular formula is C15H15FN2OS. The molecule has 0 aliphatic heterocycles. The molecular weight excluding hydrogens is 275 g/mol. The van der Waals surface area contributed by atoms with Crippen molar-refractivity contribution < 1.29 is 8.81 Å². The normalized spacial score (nSPS) is 13.0.